The highest BCUT2D eigenvalue weighted by atomic mass is 32.1. The minimum Gasteiger partial charge on any atom is -0.379 e. The molecule has 33 heavy (non-hydrogen) atoms. The van der Waals surface area contributed by atoms with Crippen LogP contribution in [0.2, 0.25) is 0 Å². The molecule has 3 heterocycles. The Hall–Kier alpha value is -3.14. The van der Waals surface area contributed by atoms with Gasteiger partial charge in [-0.3, -0.25) is 29.1 Å². The first-order valence-electron chi connectivity index (χ1n) is 11.0. The molecule has 1 saturated heterocycles. The smallest absolute Gasteiger partial charge is 0.262 e. The van der Waals surface area contributed by atoms with Gasteiger partial charge in [0, 0.05) is 26.2 Å². The van der Waals surface area contributed by atoms with E-state index in [1.165, 1.54) is 11.3 Å². The van der Waals surface area contributed by atoms with Crippen molar-refractivity contribution < 1.29 is 19.1 Å². The molecular formula is C24H24N4O4S. The van der Waals surface area contributed by atoms with Crippen LogP contribution in [0.4, 0.5) is 5.13 Å². The third-order valence-electron chi connectivity index (χ3n) is 5.95. The van der Waals surface area contributed by atoms with E-state index in [9.17, 15) is 14.4 Å². The van der Waals surface area contributed by atoms with Gasteiger partial charge in [-0.05, 0) is 30.7 Å². The molecule has 3 amide bonds. The van der Waals surface area contributed by atoms with E-state index < -0.39 is 11.8 Å². The molecule has 0 unspecified atom stereocenters. The SMILES string of the molecule is O=C1c2ccccc2C(=O)N1CC(=O)N(CCCN1CCOCC1)c1nc2ccccc2s1. The minimum absolute atomic E-state index is 0.306. The molecule has 2 aliphatic heterocycles. The maximum absolute atomic E-state index is 13.4. The normalized spacial score (nSPS) is 16.4. The summed E-state index contributed by atoms with van der Waals surface area (Å²) in [6.45, 7) is 4.19. The average molecular weight is 465 g/mol. The lowest BCUT2D eigenvalue weighted by molar-refractivity contribution is -0.119. The summed E-state index contributed by atoms with van der Waals surface area (Å²) in [6.07, 6.45) is 0.754. The number of fused-ring (bicyclic) bond motifs is 2. The third kappa shape index (κ3) is 4.39. The molecular weight excluding hydrogens is 440 g/mol. The molecule has 1 fully saturated rings. The summed E-state index contributed by atoms with van der Waals surface area (Å²) in [5.74, 6) is -1.17. The average Bonchev–Trinajstić information content (AvgIpc) is 3.37. The second-order valence-electron chi connectivity index (χ2n) is 8.06. The van der Waals surface area contributed by atoms with E-state index in [4.69, 9.17) is 4.74 Å². The summed E-state index contributed by atoms with van der Waals surface area (Å²) in [7, 11) is 0. The molecule has 2 aromatic carbocycles. The lowest BCUT2D eigenvalue weighted by Gasteiger charge is -2.28. The van der Waals surface area contributed by atoms with Crippen molar-refractivity contribution >= 4 is 44.4 Å². The zero-order chi connectivity index (χ0) is 22.8. The number of imide groups is 1. The number of nitrogens with zero attached hydrogens (tertiary/aromatic N) is 4. The highest BCUT2D eigenvalue weighted by Crippen LogP contribution is 2.29. The lowest BCUT2D eigenvalue weighted by Crippen LogP contribution is -2.44. The van der Waals surface area contributed by atoms with Crippen molar-refractivity contribution in [3.05, 3.63) is 59.7 Å². The summed E-state index contributed by atoms with van der Waals surface area (Å²) in [5.41, 5.74) is 1.51. The molecule has 0 aliphatic carbocycles. The number of aromatic nitrogens is 1. The van der Waals surface area contributed by atoms with Crippen LogP contribution in [0.15, 0.2) is 48.5 Å². The Bertz CT molecular complexity index is 1140. The monoisotopic (exact) mass is 464 g/mol. The van der Waals surface area contributed by atoms with E-state index in [2.05, 4.69) is 9.88 Å². The van der Waals surface area contributed by atoms with Crippen molar-refractivity contribution in [3.8, 4) is 0 Å². The topological polar surface area (TPSA) is 83.1 Å². The molecule has 0 bridgehead atoms. The number of amides is 3. The van der Waals surface area contributed by atoms with Crippen LogP contribution in [0.25, 0.3) is 10.2 Å². The van der Waals surface area contributed by atoms with Crippen LogP contribution in [0.5, 0.6) is 0 Å². The predicted molar refractivity (Wildman–Crippen MR) is 126 cm³/mol. The quantitative estimate of drug-likeness (QED) is 0.500. The summed E-state index contributed by atoms with van der Waals surface area (Å²) < 4.78 is 6.39. The summed E-state index contributed by atoms with van der Waals surface area (Å²) in [5, 5.41) is 0.583. The lowest BCUT2D eigenvalue weighted by atomic mass is 10.1. The second-order valence-corrected chi connectivity index (χ2v) is 9.07. The van der Waals surface area contributed by atoms with Gasteiger partial charge in [-0.1, -0.05) is 35.6 Å². The van der Waals surface area contributed by atoms with Gasteiger partial charge in [0.05, 0.1) is 34.6 Å². The number of hydrogen-bond acceptors (Lipinski definition) is 7. The van der Waals surface area contributed by atoms with E-state index in [1.807, 2.05) is 24.3 Å². The highest BCUT2D eigenvalue weighted by Gasteiger charge is 2.37. The maximum Gasteiger partial charge on any atom is 0.262 e. The number of benzene rings is 2. The van der Waals surface area contributed by atoms with Gasteiger partial charge >= 0.3 is 0 Å². The molecule has 0 N–H and O–H groups in total. The predicted octanol–water partition coefficient (Wildman–Crippen LogP) is 2.65. The van der Waals surface area contributed by atoms with Crippen molar-refractivity contribution in [2.45, 2.75) is 6.42 Å². The summed E-state index contributed by atoms with van der Waals surface area (Å²) >= 11 is 1.44. The van der Waals surface area contributed by atoms with Crippen LogP contribution in [0.1, 0.15) is 27.1 Å². The number of ether oxygens (including phenoxy) is 1. The Morgan fingerprint density at radius 1 is 1.00 bits per heavy atom. The molecule has 0 saturated carbocycles. The standard InChI is InChI=1S/C24H24N4O4S/c29-21(16-28-22(30)17-6-1-2-7-18(17)23(28)31)27(11-5-10-26-12-14-32-15-13-26)24-25-19-8-3-4-9-20(19)33-24/h1-4,6-9H,5,10-16H2. The van der Waals surface area contributed by atoms with Gasteiger partial charge in [-0.2, -0.15) is 0 Å². The molecule has 0 spiro atoms. The van der Waals surface area contributed by atoms with Crippen LogP contribution in [-0.2, 0) is 9.53 Å². The minimum atomic E-state index is -0.429. The first kappa shape index (κ1) is 21.7. The van der Waals surface area contributed by atoms with Gasteiger partial charge in [-0.25, -0.2) is 4.98 Å². The fourth-order valence-corrected chi connectivity index (χ4v) is 5.19. The number of rotatable bonds is 7. The number of para-hydroxylation sites is 1. The molecule has 0 radical (unpaired) electrons. The molecule has 1 aromatic heterocycles. The first-order chi connectivity index (χ1) is 16.1. The van der Waals surface area contributed by atoms with Gasteiger partial charge in [0.25, 0.3) is 11.8 Å². The molecule has 0 atom stereocenters. The molecule has 5 rings (SSSR count). The van der Waals surface area contributed by atoms with Crippen molar-refractivity contribution in [1.29, 1.82) is 0 Å². The van der Waals surface area contributed by atoms with E-state index in [0.29, 0.717) is 22.8 Å². The largest absolute Gasteiger partial charge is 0.379 e. The summed E-state index contributed by atoms with van der Waals surface area (Å²) in [4.78, 5) is 48.6. The zero-order valence-electron chi connectivity index (χ0n) is 18.1. The van der Waals surface area contributed by atoms with Gasteiger partial charge in [0.1, 0.15) is 6.54 Å². The Labute approximate surface area is 195 Å². The first-order valence-corrected chi connectivity index (χ1v) is 11.8. The number of hydrogen-bond donors (Lipinski definition) is 0. The van der Waals surface area contributed by atoms with Crippen LogP contribution < -0.4 is 4.90 Å². The molecule has 8 nitrogen and oxygen atoms in total. The van der Waals surface area contributed by atoms with Gasteiger partial charge in [0.2, 0.25) is 5.91 Å². The van der Waals surface area contributed by atoms with E-state index in [-0.39, 0.29) is 12.5 Å². The van der Waals surface area contributed by atoms with Crippen LogP contribution in [0.3, 0.4) is 0 Å². The van der Waals surface area contributed by atoms with Crippen LogP contribution >= 0.6 is 11.3 Å². The zero-order valence-corrected chi connectivity index (χ0v) is 18.9. The Kier molecular flexibility index (Phi) is 6.17. The third-order valence-corrected chi connectivity index (χ3v) is 7.01. The van der Waals surface area contributed by atoms with Gasteiger partial charge in [0.15, 0.2) is 5.13 Å². The number of carbonyl (C=O) groups is 3. The number of morpholine rings is 1. The molecule has 9 heteroatoms. The Morgan fingerprint density at radius 3 is 2.36 bits per heavy atom. The van der Waals surface area contributed by atoms with Gasteiger partial charge in [-0.15, -0.1) is 0 Å². The highest BCUT2D eigenvalue weighted by molar-refractivity contribution is 7.22. The second kappa shape index (κ2) is 9.38. The van der Waals surface area contributed by atoms with Gasteiger partial charge < -0.3 is 4.74 Å². The Balaban J connectivity index is 1.34. The van der Waals surface area contributed by atoms with E-state index >= 15 is 0 Å². The van der Waals surface area contributed by atoms with Crippen molar-refractivity contribution in [1.82, 2.24) is 14.8 Å². The van der Waals surface area contributed by atoms with Crippen molar-refractivity contribution in [2.24, 2.45) is 0 Å². The van der Waals surface area contributed by atoms with E-state index in [0.717, 1.165) is 54.4 Å². The number of thiazole rings is 1. The Morgan fingerprint density at radius 2 is 1.67 bits per heavy atom. The van der Waals surface area contributed by atoms with Crippen LogP contribution in [-0.4, -0.2) is 78.4 Å². The molecule has 170 valence electrons. The molecule has 2 aliphatic rings. The molecule has 3 aromatic rings. The van der Waals surface area contributed by atoms with Crippen molar-refractivity contribution in [3.63, 3.8) is 0 Å². The van der Waals surface area contributed by atoms with Crippen molar-refractivity contribution in [2.75, 3.05) is 50.8 Å². The summed E-state index contributed by atoms with van der Waals surface area (Å²) in [6, 6.07) is 14.4. The fourth-order valence-electron chi connectivity index (χ4n) is 4.18. The number of anilines is 1. The maximum atomic E-state index is 13.4. The fraction of sp³-hybridized carbons (Fsp3) is 0.333. The van der Waals surface area contributed by atoms with Crippen LogP contribution in [0, 0.1) is 0 Å². The number of carbonyl (C=O) groups excluding carboxylic acids is 3. The van der Waals surface area contributed by atoms with E-state index in [1.54, 1.807) is 29.2 Å².